The third-order valence-corrected chi connectivity index (χ3v) is 3.11. The van der Waals surface area contributed by atoms with Gasteiger partial charge in [0.05, 0.1) is 25.5 Å². The number of nitrogens with two attached hydrogens (primary N) is 1. The maximum absolute atomic E-state index is 12.2. The molecule has 0 aliphatic heterocycles. The fraction of sp³-hybridized carbons (Fsp3) is 0.125. The number of amides is 3. The van der Waals surface area contributed by atoms with Crippen LogP contribution in [0.25, 0.3) is 0 Å². The highest BCUT2D eigenvalue weighted by Gasteiger charge is 2.15. The Morgan fingerprint density at radius 2 is 1.52 bits per heavy atom. The second-order valence-electron chi connectivity index (χ2n) is 4.53. The van der Waals surface area contributed by atoms with Gasteiger partial charge < -0.3 is 25.8 Å². The molecule has 0 aromatic heterocycles. The van der Waals surface area contributed by atoms with Crippen LogP contribution in [0.15, 0.2) is 42.5 Å². The van der Waals surface area contributed by atoms with E-state index in [9.17, 15) is 9.59 Å². The van der Waals surface area contributed by atoms with Crippen molar-refractivity contribution in [2.45, 2.75) is 0 Å². The van der Waals surface area contributed by atoms with Crippen molar-refractivity contribution >= 4 is 23.3 Å². The van der Waals surface area contributed by atoms with Gasteiger partial charge in [-0.3, -0.25) is 4.79 Å². The number of hydrogen-bond acceptors (Lipinski definition) is 4. The number of rotatable bonds is 5. The van der Waals surface area contributed by atoms with E-state index in [4.69, 9.17) is 15.2 Å². The second-order valence-corrected chi connectivity index (χ2v) is 4.53. The number of nitrogens with one attached hydrogen (secondary N) is 2. The average Bonchev–Trinajstić information content (AvgIpc) is 2.55. The predicted octanol–water partition coefficient (Wildman–Crippen LogP) is 2.45. The molecular weight excluding hydrogens is 298 g/mol. The summed E-state index contributed by atoms with van der Waals surface area (Å²) in [6, 6.07) is 11.0. The number of primary amides is 1. The SMILES string of the molecule is COc1cccc(OC)c1NC(=O)Nc1ccccc1C(N)=O. The molecule has 3 amide bonds. The Morgan fingerprint density at radius 3 is 2.09 bits per heavy atom. The first-order valence-electron chi connectivity index (χ1n) is 6.74. The van der Waals surface area contributed by atoms with Crippen molar-refractivity contribution in [3.8, 4) is 11.5 Å². The van der Waals surface area contributed by atoms with Gasteiger partial charge in [-0.05, 0) is 24.3 Å². The molecule has 0 fully saturated rings. The minimum absolute atomic E-state index is 0.217. The molecule has 4 N–H and O–H groups in total. The molecule has 7 heteroatoms. The van der Waals surface area contributed by atoms with E-state index in [1.54, 1.807) is 36.4 Å². The maximum atomic E-state index is 12.2. The molecule has 0 atom stereocenters. The van der Waals surface area contributed by atoms with Gasteiger partial charge in [-0.25, -0.2) is 4.79 Å². The number of para-hydroxylation sites is 2. The van der Waals surface area contributed by atoms with Gasteiger partial charge in [-0.15, -0.1) is 0 Å². The lowest BCUT2D eigenvalue weighted by atomic mass is 10.1. The van der Waals surface area contributed by atoms with Gasteiger partial charge in [0.25, 0.3) is 5.91 Å². The zero-order valence-corrected chi connectivity index (χ0v) is 12.8. The molecule has 0 aliphatic carbocycles. The Morgan fingerprint density at radius 1 is 0.913 bits per heavy atom. The number of carbonyl (C=O) groups is 2. The van der Waals surface area contributed by atoms with Crippen molar-refractivity contribution in [2.24, 2.45) is 5.73 Å². The summed E-state index contributed by atoms with van der Waals surface area (Å²) in [5, 5.41) is 5.22. The molecule has 2 rings (SSSR count). The van der Waals surface area contributed by atoms with Crippen LogP contribution in [0.4, 0.5) is 16.2 Å². The quantitative estimate of drug-likeness (QED) is 0.788. The van der Waals surface area contributed by atoms with Crippen LogP contribution in [0.3, 0.4) is 0 Å². The molecule has 2 aromatic rings. The molecule has 2 aromatic carbocycles. The van der Waals surface area contributed by atoms with Gasteiger partial charge in [-0.2, -0.15) is 0 Å². The number of benzene rings is 2. The summed E-state index contributed by atoms with van der Waals surface area (Å²) in [6.07, 6.45) is 0. The van der Waals surface area contributed by atoms with Crippen molar-refractivity contribution in [3.05, 3.63) is 48.0 Å². The van der Waals surface area contributed by atoms with Crippen LogP contribution in [0, 0.1) is 0 Å². The van der Waals surface area contributed by atoms with E-state index >= 15 is 0 Å². The number of hydrogen-bond donors (Lipinski definition) is 3. The van der Waals surface area contributed by atoms with Gasteiger partial charge in [0.15, 0.2) is 0 Å². The first-order chi connectivity index (χ1) is 11.1. The Bertz CT molecular complexity index is 709. The molecule has 0 bridgehead atoms. The van der Waals surface area contributed by atoms with Crippen molar-refractivity contribution in [1.82, 2.24) is 0 Å². The van der Waals surface area contributed by atoms with Crippen molar-refractivity contribution in [3.63, 3.8) is 0 Å². The zero-order chi connectivity index (χ0) is 16.8. The Labute approximate surface area is 133 Å². The third-order valence-electron chi connectivity index (χ3n) is 3.11. The van der Waals surface area contributed by atoms with Crippen LogP contribution in [0.2, 0.25) is 0 Å². The van der Waals surface area contributed by atoms with E-state index in [0.717, 1.165) is 0 Å². The lowest BCUT2D eigenvalue weighted by Gasteiger charge is -2.15. The lowest BCUT2D eigenvalue weighted by Crippen LogP contribution is -2.23. The van der Waals surface area contributed by atoms with E-state index in [-0.39, 0.29) is 5.56 Å². The largest absolute Gasteiger partial charge is 0.494 e. The highest BCUT2D eigenvalue weighted by Crippen LogP contribution is 2.34. The molecule has 0 radical (unpaired) electrons. The fourth-order valence-corrected chi connectivity index (χ4v) is 2.05. The molecular formula is C16H17N3O4. The normalized spacial score (nSPS) is 9.83. The lowest BCUT2D eigenvalue weighted by molar-refractivity contribution is 0.100. The minimum Gasteiger partial charge on any atom is -0.494 e. The molecule has 0 saturated heterocycles. The van der Waals surface area contributed by atoms with Gasteiger partial charge in [-0.1, -0.05) is 18.2 Å². The van der Waals surface area contributed by atoms with Crippen LogP contribution in [-0.2, 0) is 0 Å². The summed E-state index contributed by atoms with van der Waals surface area (Å²) in [7, 11) is 2.97. The average molecular weight is 315 g/mol. The molecule has 0 aliphatic rings. The number of ether oxygens (including phenoxy) is 2. The summed E-state index contributed by atoms with van der Waals surface area (Å²) in [5.74, 6) is 0.265. The van der Waals surface area contributed by atoms with E-state index in [0.29, 0.717) is 22.9 Å². The van der Waals surface area contributed by atoms with E-state index in [2.05, 4.69) is 10.6 Å². The summed E-state index contributed by atoms with van der Waals surface area (Å²) in [4.78, 5) is 23.6. The molecule has 0 unspecified atom stereocenters. The first kappa shape index (κ1) is 16.2. The highest BCUT2D eigenvalue weighted by molar-refractivity contribution is 6.06. The standard InChI is InChI=1S/C16H17N3O4/c1-22-12-8-5-9-13(23-2)14(12)19-16(21)18-11-7-4-3-6-10(11)15(17)20/h3-9H,1-2H3,(H2,17,20)(H2,18,19,21). The Kier molecular flexibility index (Phi) is 5.03. The number of anilines is 2. The molecule has 23 heavy (non-hydrogen) atoms. The highest BCUT2D eigenvalue weighted by atomic mass is 16.5. The summed E-state index contributed by atoms with van der Waals surface area (Å²) in [6.45, 7) is 0. The van der Waals surface area contributed by atoms with Gasteiger partial charge in [0.1, 0.15) is 17.2 Å². The van der Waals surface area contributed by atoms with Crippen molar-refractivity contribution in [1.29, 1.82) is 0 Å². The second kappa shape index (κ2) is 7.17. The predicted molar refractivity (Wildman–Crippen MR) is 87.1 cm³/mol. The van der Waals surface area contributed by atoms with Crippen molar-refractivity contribution < 1.29 is 19.1 Å². The van der Waals surface area contributed by atoms with Gasteiger partial charge in [0, 0.05) is 0 Å². The van der Waals surface area contributed by atoms with Gasteiger partial charge in [0.2, 0.25) is 0 Å². The maximum Gasteiger partial charge on any atom is 0.323 e. The van der Waals surface area contributed by atoms with Crippen LogP contribution < -0.4 is 25.8 Å². The van der Waals surface area contributed by atoms with Crippen LogP contribution in [0.1, 0.15) is 10.4 Å². The summed E-state index contributed by atoms with van der Waals surface area (Å²) < 4.78 is 10.4. The third kappa shape index (κ3) is 3.70. The fourth-order valence-electron chi connectivity index (χ4n) is 2.05. The summed E-state index contributed by atoms with van der Waals surface area (Å²) in [5.41, 5.74) is 6.19. The zero-order valence-electron chi connectivity index (χ0n) is 12.8. The molecule has 120 valence electrons. The van der Waals surface area contributed by atoms with Crippen LogP contribution >= 0.6 is 0 Å². The minimum atomic E-state index is -0.629. The van der Waals surface area contributed by atoms with E-state index in [1.807, 2.05) is 0 Å². The van der Waals surface area contributed by atoms with Crippen LogP contribution in [0.5, 0.6) is 11.5 Å². The van der Waals surface area contributed by atoms with Crippen LogP contribution in [-0.4, -0.2) is 26.2 Å². The topological polar surface area (TPSA) is 103 Å². The molecule has 0 spiro atoms. The molecule has 0 saturated carbocycles. The summed E-state index contributed by atoms with van der Waals surface area (Å²) >= 11 is 0. The number of urea groups is 1. The van der Waals surface area contributed by atoms with Crippen molar-refractivity contribution in [2.75, 3.05) is 24.9 Å². The Balaban J connectivity index is 2.23. The monoisotopic (exact) mass is 315 g/mol. The number of methoxy groups -OCH3 is 2. The molecule has 7 nitrogen and oxygen atoms in total. The first-order valence-corrected chi connectivity index (χ1v) is 6.74. The molecule has 0 heterocycles. The number of carbonyl (C=O) groups excluding carboxylic acids is 2. The van der Waals surface area contributed by atoms with E-state index < -0.39 is 11.9 Å². The smallest absolute Gasteiger partial charge is 0.323 e. The Hall–Kier alpha value is -3.22. The van der Waals surface area contributed by atoms with Gasteiger partial charge >= 0.3 is 6.03 Å². The van der Waals surface area contributed by atoms with E-state index in [1.165, 1.54) is 20.3 Å².